The zero-order valence-corrected chi connectivity index (χ0v) is 11.3. The number of anilines is 1. The third kappa shape index (κ3) is 2.64. The number of carbonyl (C=O) groups excluding carboxylic acids is 1. The molecule has 3 aromatic rings. The van der Waals surface area contributed by atoms with Crippen molar-refractivity contribution in [1.29, 1.82) is 0 Å². The number of rotatable bonds is 3. The van der Waals surface area contributed by atoms with E-state index < -0.39 is 0 Å². The summed E-state index contributed by atoms with van der Waals surface area (Å²) >= 11 is 0. The largest absolute Gasteiger partial charge is 0.494 e. The molecule has 6 nitrogen and oxygen atoms in total. The van der Waals surface area contributed by atoms with Gasteiger partial charge in [0.25, 0.3) is 5.91 Å². The lowest BCUT2D eigenvalue weighted by atomic mass is 10.1. The Bertz CT molecular complexity index is 790. The minimum absolute atomic E-state index is 0.258. The summed E-state index contributed by atoms with van der Waals surface area (Å²) in [5.41, 5.74) is 1.15. The van der Waals surface area contributed by atoms with Crippen molar-refractivity contribution in [2.75, 3.05) is 12.4 Å². The monoisotopic (exact) mass is 280 g/mol. The highest BCUT2D eigenvalue weighted by atomic mass is 16.5. The van der Waals surface area contributed by atoms with Crippen LogP contribution in [0.25, 0.3) is 10.9 Å². The van der Waals surface area contributed by atoms with Gasteiger partial charge in [0.1, 0.15) is 11.3 Å². The molecular formula is C15H12N4O2. The normalized spacial score (nSPS) is 10.3. The number of nitrogens with one attached hydrogen (secondary N) is 1. The number of aromatic nitrogens is 3. The van der Waals surface area contributed by atoms with Crippen molar-refractivity contribution in [3.05, 3.63) is 54.5 Å². The Morgan fingerprint density at radius 3 is 2.71 bits per heavy atom. The number of amides is 1. The molecule has 2 aromatic heterocycles. The number of ether oxygens (including phenoxy) is 1. The summed E-state index contributed by atoms with van der Waals surface area (Å²) in [5, 5.41) is 3.45. The maximum Gasteiger partial charge on any atom is 0.259 e. The number of benzene rings is 1. The topological polar surface area (TPSA) is 77.0 Å². The first kappa shape index (κ1) is 13.0. The van der Waals surface area contributed by atoms with Crippen LogP contribution in [0.15, 0.2) is 48.9 Å². The summed E-state index contributed by atoms with van der Waals surface area (Å²) in [6.07, 6.45) is 4.63. The first-order valence-electron chi connectivity index (χ1n) is 6.29. The Morgan fingerprint density at radius 2 is 1.95 bits per heavy atom. The van der Waals surface area contributed by atoms with E-state index in [1.165, 1.54) is 6.20 Å². The minimum Gasteiger partial charge on any atom is -0.494 e. The lowest BCUT2D eigenvalue weighted by Gasteiger charge is -2.06. The van der Waals surface area contributed by atoms with Crippen LogP contribution in [0.5, 0.6) is 5.75 Å². The number of methoxy groups -OCH3 is 1. The third-order valence-electron chi connectivity index (χ3n) is 2.95. The van der Waals surface area contributed by atoms with Crippen LogP contribution in [0.1, 0.15) is 10.4 Å². The Kier molecular flexibility index (Phi) is 3.42. The van der Waals surface area contributed by atoms with Crippen LogP contribution in [0, 0.1) is 0 Å². The molecule has 0 saturated carbocycles. The van der Waals surface area contributed by atoms with Gasteiger partial charge in [-0.25, -0.2) is 9.97 Å². The standard InChI is InChI=1S/C15H12N4O2/c1-21-12-5-2-4-10-8-11(9-18-13(10)12)14(20)19-15-16-6-3-7-17-15/h2-9H,1H3,(H,16,17,19,20). The lowest BCUT2D eigenvalue weighted by Crippen LogP contribution is -2.14. The molecule has 0 unspecified atom stereocenters. The summed E-state index contributed by atoms with van der Waals surface area (Å²) < 4.78 is 5.24. The van der Waals surface area contributed by atoms with E-state index in [0.717, 1.165) is 5.39 Å². The molecule has 0 aliphatic rings. The number of carbonyl (C=O) groups is 1. The average Bonchev–Trinajstić information content (AvgIpc) is 2.54. The Hall–Kier alpha value is -3.02. The van der Waals surface area contributed by atoms with Gasteiger partial charge >= 0.3 is 0 Å². The van der Waals surface area contributed by atoms with Gasteiger partial charge in [-0.2, -0.15) is 0 Å². The maximum atomic E-state index is 12.1. The second-order valence-corrected chi connectivity index (χ2v) is 4.28. The fraction of sp³-hybridized carbons (Fsp3) is 0.0667. The number of para-hydroxylation sites is 1. The van der Waals surface area contributed by atoms with Gasteiger partial charge in [-0.3, -0.25) is 15.1 Å². The summed E-state index contributed by atoms with van der Waals surface area (Å²) in [6.45, 7) is 0. The number of hydrogen-bond acceptors (Lipinski definition) is 5. The molecule has 0 radical (unpaired) electrons. The van der Waals surface area contributed by atoms with Crippen molar-refractivity contribution in [2.45, 2.75) is 0 Å². The smallest absolute Gasteiger partial charge is 0.259 e. The first-order chi connectivity index (χ1) is 10.3. The van der Waals surface area contributed by atoms with Crippen LogP contribution in [0.2, 0.25) is 0 Å². The van der Waals surface area contributed by atoms with Crippen molar-refractivity contribution < 1.29 is 9.53 Å². The molecule has 21 heavy (non-hydrogen) atoms. The molecule has 0 bridgehead atoms. The molecule has 104 valence electrons. The number of nitrogens with zero attached hydrogens (tertiary/aromatic N) is 3. The van der Waals surface area contributed by atoms with Crippen molar-refractivity contribution in [1.82, 2.24) is 15.0 Å². The summed E-state index contributed by atoms with van der Waals surface area (Å²) in [6, 6.07) is 8.99. The minimum atomic E-state index is -0.307. The molecule has 1 aromatic carbocycles. The van der Waals surface area contributed by atoms with Gasteiger partial charge in [0.2, 0.25) is 5.95 Å². The summed E-state index contributed by atoms with van der Waals surface area (Å²) in [4.78, 5) is 24.3. The van der Waals surface area contributed by atoms with Crippen LogP contribution >= 0.6 is 0 Å². The van der Waals surface area contributed by atoms with Crippen LogP contribution in [0.4, 0.5) is 5.95 Å². The van der Waals surface area contributed by atoms with E-state index in [2.05, 4.69) is 20.3 Å². The molecule has 0 aliphatic heterocycles. The first-order valence-corrected chi connectivity index (χ1v) is 6.29. The number of hydrogen-bond donors (Lipinski definition) is 1. The van der Waals surface area contributed by atoms with Gasteiger partial charge in [0.15, 0.2) is 0 Å². The van der Waals surface area contributed by atoms with Crippen molar-refractivity contribution in [3.8, 4) is 5.75 Å². The fourth-order valence-electron chi connectivity index (χ4n) is 1.96. The predicted molar refractivity (Wildman–Crippen MR) is 78.3 cm³/mol. The van der Waals surface area contributed by atoms with E-state index in [1.54, 1.807) is 31.6 Å². The molecule has 0 aliphatic carbocycles. The van der Waals surface area contributed by atoms with Gasteiger partial charge in [-0.1, -0.05) is 12.1 Å². The molecule has 0 atom stereocenters. The molecule has 0 spiro atoms. The van der Waals surface area contributed by atoms with Crippen molar-refractivity contribution in [2.24, 2.45) is 0 Å². The van der Waals surface area contributed by atoms with E-state index in [9.17, 15) is 4.79 Å². The lowest BCUT2D eigenvalue weighted by molar-refractivity contribution is 0.102. The third-order valence-corrected chi connectivity index (χ3v) is 2.95. The van der Waals surface area contributed by atoms with Crippen LogP contribution in [-0.4, -0.2) is 28.0 Å². The molecule has 6 heteroatoms. The molecule has 2 heterocycles. The quantitative estimate of drug-likeness (QED) is 0.796. The summed E-state index contributed by atoms with van der Waals surface area (Å²) in [5.74, 6) is 0.623. The van der Waals surface area contributed by atoms with E-state index in [0.29, 0.717) is 16.8 Å². The highest BCUT2D eigenvalue weighted by Gasteiger charge is 2.10. The maximum absolute atomic E-state index is 12.1. The molecule has 3 rings (SSSR count). The van der Waals surface area contributed by atoms with Crippen molar-refractivity contribution >= 4 is 22.8 Å². The van der Waals surface area contributed by atoms with E-state index in [1.807, 2.05) is 18.2 Å². The summed E-state index contributed by atoms with van der Waals surface area (Å²) in [7, 11) is 1.59. The zero-order valence-electron chi connectivity index (χ0n) is 11.3. The van der Waals surface area contributed by atoms with Crippen LogP contribution < -0.4 is 10.1 Å². The van der Waals surface area contributed by atoms with Gasteiger partial charge in [0, 0.05) is 24.0 Å². The van der Waals surface area contributed by atoms with Crippen molar-refractivity contribution in [3.63, 3.8) is 0 Å². The number of fused-ring (bicyclic) bond motifs is 1. The second kappa shape index (κ2) is 5.54. The van der Waals surface area contributed by atoms with E-state index >= 15 is 0 Å². The SMILES string of the molecule is COc1cccc2cc(C(=O)Nc3ncccn3)cnc12. The van der Waals surface area contributed by atoms with Gasteiger partial charge in [-0.05, 0) is 18.2 Å². The highest BCUT2D eigenvalue weighted by Crippen LogP contribution is 2.23. The fourth-order valence-corrected chi connectivity index (χ4v) is 1.96. The Morgan fingerprint density at radius 1 is 1.14 bits per heavy atom. The van der Waals surface area contributed by atoms with E-state index in [4.69, 9.17) is 4.74 Å². The molecule has 0 saturated heterocycles. The molecule has 1 N–H and O–H groups in total. The second-order valence-electron chi connectivity index (χ2n) is 4.28. The molecular weight excluding hydrogens is 268 g/mol. The Balaban J connectivity index is 1.92. The van der Waals surface area contributed by atoms with Gasteiger partial charge < -0.3 is 4.74 Å². The van der Waals surface area contributed by atoms with E-state index in [-0.39, 0.29) is 11.9 Å². The zero-order chi connectivity index (χ0) is 14.7. The highest BCUT2D eigenvalue weighted by molar-refractivity contribution is 6.05. The average molecular weight is 280 g/mol. The number of pyridine rings is 1. The van der Waals surface area contributed by atoms with Gasteiger partial charge in [0.05, 0.1) is 12.7 Å². The molecule has 1 amide bonds. The Labute approximate surface area is 120 Å². The van der Waals surface area contributed by atoms with Gasteiger partial charge in [-0.15, -0.1) is 0 Å². The predicted octanol–water partition coefficient (Wildman–Crippen LogP) is 2.29. The van der Waals surface area contributed by atoms with Crippen LogP contribution in [-0.2, 0) is 0 Å². The molecule has 0 fully saturated rings. The van der Waals surface area contributed by atoms with Crippen LogP contribution in [0.3, 0.4) is 0 Å².